The molecule has 0 unspecified atom stereocenters. The zero-order valence-corrected chi connectivity index (χ0v) is 64.6. The molecule has 0 spiro atoms. The van der Waals surface area contributed by atoms with E-state index in [0.717, 1.165) is 143 Å². The number of benzene rings is 8. The van der Waals surface area contributed by atoms with Crippen molar-refractivity contribution >= 4 is 69.5 Å². The average molecular weight is 1680 g/mol. The van der Waals surface area contributed by atoms with Gasteiger partial charge in [-0.15, -0.1) is 0 Å². The van der Waals surface area contributed by atoms with Gasteiger partial charge in [-0.05, 0) is 194 Å². The van der Waals surface area contributed by atoms with Gasteiger partial charge in [0.2, 0.25) is 23.5 Å². The van der Waals surface area contributed by atoms with Crippen LogP contribution in [0.4, 0.5) is 54.0 Å². The van der Waals surface area contributed by atoms with Gasteiger partial charge in [-0.2, -0.15) is 0 Å². The summed E-state index contributed by atoms with van der Waals surface area (Å²) in [5.41, 5.74) is 21.2. The number of hydrogen-bond donors (Lipinski definition) is 8. The Kier molecular flexibility index (Phi) is 25.1. The predicted octanol–water partition coefficient (Wildman–Crippen LogP) is 14.5. The summed E-state index contributed by atoms with van der Waals surface area (Å²) in [6.45, 7) is 7.03. The number of aryl methyl sites for hydroxylation is 12. The maximum Gasteiger partial charge on any atom is 0.256 e. The number of halogens is 8. The van der Waals surface area contributed by atoms with E-state index in [2.05, 4.69) is 68.8 Å². The molecular weight excluding hydrogens is 1600 g/mol. The number of aliphatic hydroxyl groups is 4. The zero-order valence-electron chi connectivity index (χ0n) is 62.5. The molecule has 0 bridgehead atoms. The molecule has 0 saturated heterocycles. The van der Waals surface area contributed by atoms with E-state index in [1.54, 1.807) is 32.0 Å². The van der Waals surface area contributed by atoms with Crippen LogP contribution in [0, 0.1) is 72.0 Å². The molecule has 16 rings (SSSR count). The van der Waals surface area contributed by atoms with Gasteiger partial charge in [0, 0.05) is 37.0 Å². The summed E-state index contributed by atoms with van der Waals surface area (Å²) in [6.07, 6.45) is 4.96. The van der Waals surface area contributed by atoms with Gasteiger partial charge < -0.3 is 41.7 Å². The predicted molar refractivity (Wildman–Crippen MR) is 425 cm³/mol. The van der Waals surface area contributed by atoms with Gasteiger partial charge in [0.15, 0.2) is 58.2 Å². The number of nitrogens with zero attached hydrogens (tertiary/aromatic N) is 8. The van der Waals surface area contributed by atoms with Crippen LogP contribution in [0.1, 0.15) is 117 Å². The summed E-state index contributed by atoms with van der Waals surface area (Å²) in [5.74, 6) is -12.8. The van der Waals surface area contributed by atoms with E-state index in [4.69, 9.17) is 15.0 Å². The van der Waals surface area contributed by atoms with Crippen molar-refractivity contribution in [3.05, 3.63) is 302 Å². The van der Waals surface area contributed by atoms with Crippen LogP contribution in [0.2, 0.25) is 0 Å². The van der Waals surface area contributed by atoms with Crippen LogP contribution >= 0.6 is 22.6 Å². The fourth-order valence-corrected chi connectivity index (χ4v) is 14.2. The lowest BCUT2D eigenvalue weighted by molar-refractivity contribution is -0.116. The summed E-state index contributed by atoms with van der Waals surface area (Å²) in [5, 5.41) is 48.2. The van der Waals surface area contributed by atoms with Gasteiger partial charge in [0.1, 0.15) is 0 Å². The Labute approximate surface area is 669 Å². The molecule has 0 fully saturated rings. The summed E-state index contributed by atoms with van der Waals surface area (Å²) >= 11 is 2.25. The molecule has 0 atom stereocenters. The molecule has 586 valence electrons. The molecule has 0 saturated carbocycles. The largest absolute Gasteiger partial charge is 0.392 e. The smallest absolute Gasteiger partial charge is 0.256 e. The molecule has 115 heavy (non-hydrogen) atoms. The molecule has 8 N–H and O–H groups in total. The summed E-state index contributed by atoms with van der Waals surface area (Å²) in [7, 11) is 0. The number of carbonyl (C=O) groups excluding carboxylic acids is 4. The Bertz CT molecular complexity index is 5800. The van der Waals surface area contributed by atoms with Crippen LogP contribution in [0.3, 0.4) is 0 Å². The van der Waals surface area contributed by atoms with Crippen LogP contribution in [0.5, 0.6) is 0 Å². The maximum atomic E-state index is 13.9. The van der Waals surface area contributed by atoms with E-state index in [1.165, 1.54) is 17.2 Å². The highest BCUT2D eigenvalue weighted by atomic mass is 127. The number of hydrogen-bond acceptors (Lipinski definition) is 16. The van der Waals surface area contributed by atoms with E-state index < -0.39 is 58.6 Å². The van der Waals surface area contributed by atoms with Crippen molar-refractivity contribution in [1.82, 2.24) is 39.9 Å². The molecule has 4 aromatic heterocycles. The fourth-order valence-electron chi connectivity index (χ4n) is 13.9. The van der Waals surface area contributed by atoms with Gasteiger partial charge in [-0.25, -0.2) is 70.6 Å². The molecule has 8 aromatic carbocycles. The highest BCUT2D eigenvalue weighted by Gasteiger charge is 2.30. The first-order valence-corrected chi connectivity index (χ1v) is 37.8. The van der Waals surface area contributed by atoms with Crippen LogP contribution in [-0.2, 0) is 111 Å². The Morgan fingerprint density at radius 3 is 1.00 bits per heavy atom. The Balaban J connectivity index is 0.000000134. The summed E-state index contributed by atoms with van der Waals surface area (Å²) < 4.78 is 95.2. The van der Waals surface area contributed by atoms with Crippen LogP contribution in [-0.4, -0.2) is 83.9 Å². The normalized spacial score (nSPS) is 12.3. The minimum atomic E-state index is -2.29. The van der Waals surface area contributed by atoms with Crippen molar-refractivity contribution in [2.45, 2.75) is 125 Å². The van der Waals surface area contributed by atoms with E-state index >= 15 is 0 Å². The van der Waals surface area contributed by atoms with Crippen molar-refractivity contribution in [3.63, 3.8) is 0 Å². The van der Waals surface area contributed by atoms with Crippen molar-refractivity contribution < 1.29 is 70.3 Å². The molecule has 0 radical (unpaired) electrons. The number of anilines is 4. The lowest BCUT2D eigenvalue weighted by Gasteiger charge is -2.20. The first kappa shape index (κ1) is 81.1. The number of nitrogens with one attached hydrogen (secondary N) is 4. The topological polar surface area (TPSA) is 300 Å². The molecule has 0 aliphatic heterocycles. The van der Waals surface area contributed by atoms with E-state index in [-0.39, 0.29) is 56.4 Å². The number of aliphatic hydroxyl groups excluding tert-OH is 4. The van der Waals surface area contributed by atoms with Crippen molar-refractivity contribution in [2.75, 3.05) is 21.3 Å². The first-order valence-electron chi connectivity index (χ1n) is 36.7. The van der Waals surface area contributed by atoms with Gasteiger partial charge >= 0.3 is 0 Å². The molecule has 12 aromatic rings. The number of amides is 4. The maximum absolute atomic E-state index is 13.9. The van der Waals surface area contributed by atoms with Crippen molar-refractivity contribution in [1.29, 1.82) is 0 Å². The third kappa shape index (κ3) is 18.5. The molecular formula is C87H74F7IN12O8. The monoisotopic (exact) mass is 1670 g/mol. The molecule has 4 aliphatic carbocycles. The Morgan fingerprint density at radius 1 is 0.339 bits per heavy atom. The van der Waals surface area contributed by atoms with Crippen LogP contribution < -0.4 is 21.3 Å². The SMILES string of the molecule is Cc1nc2c(nc1NC(=O)Cc1c(F)c(F)c(F)c(F)c1F)CCc1cc(CO)ccc1-2.Cc1nc2c(nc1NC(=O)Cc1ccc(F)c(F)c1)CCc1cc(CO)ccc1-2.Cc1nc2c(nc1NC(=O)Cc1ccc(I)cc1)CCc1cc(CO)ccc1-2.Cc1nc2c(nc1NC(=O)c1ccccc1)CCc1cc(CO)ccc1-2. The average Bonchev–Trinajstić information content (AvgIpc) is 0.789. The fraction of sp³-hybridized carbons (Fsp3) is 0.218. The van der Waals surface area contributed by atoms with Gasteiger partial charge in [0.05, 0.1) is 114 Å². The summed E-state index contributed by atoms with van der Waals surface area (Å²) in [4.78, 5) is 86.5. The third-order valence-electron chi connectivity index (χ3n) is 19.8. The standard InChI is InChI=1S/C22H16F5N3O2.C22H19F2N3O2.C22H20IN3O2.C21H19N3O2/c1-9-22(30-15(32)7-13-16(23)18(25)20(27)19(26)17(13)24)29-14-5-3-11-6-10(8-31)2-4-12(11)21(14)28-9;1-12-22(27-20(29)10-13-3-6-17(23)18(24)9-13)26-19-7-4-15-8-14(11-28)2-5-16(15)21(19)25-12;1-13-22(26-20(28)11-14-2-6-17(23)7-3-14)25-19-9-5-16-10-15(12-27)4-8-18(16)21(19)24-13;1-13-20(24-21(26)15-5-3-2-4-6-15)23-18-10-8-16-11-14(12-25)7-9-17(16)19(18)22-13/h2,4,6,31H,3,5,7-8H2,1H3,(H,29,30,32);2-3,5-6,8-9,28H,4,7,10-11H2,1H3,(H,26,27,29);2-4,6-8,10,27H,5,9,11-12H2,1H3,(H,25,26,28);2-7,9,11,25H,8,10,12H2,1H3,(H,23,24,26). The quantitative estimate of drug-likeness (QED) is 0.0205. The molecule has 28 heteroatoms. The number of fused-ring (bicyclic) bond motifs is 12. The van der Waals surface area contributed by atoms with Gasteiger partial charge in [-0.3, -0.25) is 19.2 Å². The second kappa shape index (κ2) is 35.6. The minimum absolute atomic E-state index is 0.00618. The summed E-state index contributed by atoms with van der Waals surface area (Å²) in [6, 6.07) is 43.5. The molecule has 20 nitrogen and oxygen atoms in total. The lowest BCUT2D eigenvalue weighted by Crippen LogP contribution is -2.21. The lowest BCUT2D eigenvalue weighted by atomic mass is 9.90. The second-order valence-electron chi connectivity index (χ2n) is 27.8. The van der Waals surface area contributed by atoms with E-state index in [9.17, 15) is 70.3 Å². The third-order valence-corrected chi connectivity index (χ3v) is 20.5. The molecule has 4 aliphatic rings. The van der Waals surface area contributed by atoms with Crippen molar-refractivity contribution in [3.8, 4) is 45.0 Å². The Hall–Kier alpha value is -12.0. The van der Waals surface area contributed by atoms with Crippen LogP contribution in [0.15, 0.2) is 146 Å². The molecule has 4 heterocycles. The minimum Gasteiger partial charge on any atom is -0.392 e. The second-order valence-corrected chi connectivity index (χ2v) is 29.1. The number of carbonyl (C=O) groups is 4. The highest BCUT2D eigenvalue weighted by Crippen LogP contribution is 2.39. The van der Waals surface area contributed by atoms with Crippen molar-refractivity contribution in [2.24, 2.45) is 0 Å². The van der Waals surface area contributed by atoms with Gasteiger partial charge in [0.25, 0.3) is 5.91 Å². The van der Waals surface area contributed by atoms with E-state index in [1.807, 2.05) is 123 Å². The molecule has 4 amide bonds. The van der Waals surface area contributed by atoms with Crippen LogP contribution in [0.25, 0.3) is 45.0 Å². The number of aromatic nitrogens is 8. The first-order chi connectivity index (χ1) is 55.3. The van der Waals surface area contributed by atoms with E-state index in [0.29, 0.717) is 88.4 Å². The zero-order chi connectivity index (χ0) is 81.5. The highest BCUT2D eigenvalue weighted by molar-refractivity contribution is 14.1. The number of rotatable bonds is 15. The van der Waals surface area contributed by atoms with Gasteiger partial charge in [-0.1, -0.05) is 109 Å². The Morgan fingerprint density at radius 2 is 0.652 bits per heavy atom.